The third-order valence-electron chi connectivity index (χ3n) is 2.83. The Balaban J connectivity index is 1.66. The van der Waals surface area contributed by atoms with Crippen LogP contribution in [0.4, 0.5) is 0 Å². The number of nitrogens with zero attached hydrogens (tertiary/aromatic N) is 2. The Hall–Kier alpha value is -0.630. The van der Waals surface area contributed by atoms with Crippen LogP contribution >= 0.6 is 11.8 Å². The molecule has 0 aliphatic carbocycles. The second-order valence-electron chi connectivity index (χ2n) is 4.39. The molecule has 108 valence electrons. The quantitative estimate of drug-likeness (QED) is 0.699. The van der Waals surface area contributed by atoms with Crippen molar-refractivity contribution < 1.29 is 14.0 Å². The number of thioether (sulfide) groups is 1. The first-order valence-corrected chi connectivity index (χ1v) is 7.73. The molecule has 1 aliphatic heterocycles. The first-order chi connectivity index (χ1) is 9.38. The fraction of sp³-hybridized carbons (Fsp3) is 0.833. The number of ether oxygens (including phenoxy) is 2. The lowest BCUT2D eigenvalue weighted by molar-refractivity contribution is 0.0714. The van der Waals surface area contributed by atoms with Crippen LogP contribution in [0.1, 0.15) is 11.7 Å². The number of hydrogen-bond donors (Lipinski definition) is 1. The molecular formula is C12H21N3O3S. The Bertz CT molecular complexity index is 356. The molecule has 0 amide bonds. The fourth-order valence-corrected chi connectivity index (χ4v) is 2.79. The molecule has 1 aromatic rings. The average Bonchev–Trinajstić information content (AvgIpc) is 2.87. The van der Waals surface area contributed by atoms with Crippen molar-refractivity contribution in [1.29, 1.82) is 0 Å². The summed E-state index contributed by atoms with van der Waals surface area (Å²) in [6.45, 7) is 2.87. The number of nitrogens with one attached hydrogen (secondary N) is 1. The van der Waals surface area contributed by atoms with Gasteiger partial charge in [-0.1, -0.05) is 5.16 Å². The molecule has 2 rings (SSSR count). The molecule has 1 atom stereocenters. The van der Waals surface area contributed by atoms with Crippen LogP contribution in [0.3, 0.4) is 0 Å². The molecular weight excluding hydrogens is 266 g/mol. The van der Waals surface area contributed by atoms with E-state index in [-0.39, 0.29) is 0 Å². The minimum Gasteiger partial charge on any atom is -0.382 e. The van der Waals surface area contributed by atoms with E-state index in [2.05, 4.69) is 15.5 Å². The highest BCUT2D eigenvalue weighted by atomic mass is 32.2. The normalized spacial score (nSPS) is 19.7. The van der Waals surface area contributed by atoms with Gasteiger partial charge in [0, 0.05) is 44.0 Å². The maximum atomic E-state index is 5.37. The third kappa shape index (κ3) is 5.48. The van der Waals surface area contributed by atoms with Gasteiger partial charge in [0.05, 0.1) is 19.8 Å². The number of hydrogen-bond acceptors (Lipinski definition) is 7. The predicted molar refractivity (Wildman–Crippen MR) is 73.5 cm³/mol. The molecule has 0 bridgehead atoms. The van der Waals surface area contributed by atoms with Crippen molar-refractivity contribution in [2.45, 2.75) is 18.9 Å². The SMILES string of the molecule is COCCOCCc1noc(CC2CSCCN2)n1. The lowest BCUT2D eigenvalue weighted by Crippen LogP contribution is -2.38. The summed E-state index contributed by atoms with van der Waals surface area (Å²) in [4.78, 5) is 4.38. The number of methoxy groups -OCH3 is 1. The molecule has 2 heterocycles. The van der Waals surface area contributed by atoms with E-state index in [1.807, 2.05) is 11.8 Å². The minimum absolute atomic E-state index is 0.449. The summed E-state index contributed by atoms with van der Waals surface area (Å²) in [7, 11) is 1.66. The Morgan fingerprint density at radius 1 is 1.42 bits per heavy atom. The molecule has 1 aromatic heterocycles. The van der Waals surface area contributed by atoms with Gasteiger partial charge < -0.3 is 19.3 Å². The topological polar surface area (TPSA) is 69.4 Å². The van der Waals surface area contributed by atoms with Crippen LogP contribution < -0.4 is 5.32 Å². The largest absolute Gasteiger partial charge is 0.382 e. The van der Waals surface area contributed by atoms with E-state index in [4.69, 9.17) is 14.0 Å². The summed E-state index contributed by atoms with van der Waals surface area (Å²) in [5.41, 5.74) is 0. The summed E-state index contributed by atoms with van der Waals surface area (Å²) in [5, 5.41) is 7.42. The van der Waals surface area contributed by atoms with E-state index in [0.717, 1.165) is 24.5 Å². The van der Waals surface area contributed by atoms with Crippen LogP contribution in [0.5, 0.6) is 0 Å². The summed E-state index contributed by atoms with van der Waals surface area (Å²) in [6, 6.07) is 0.449. The smallest absolute Gasteiger partial charge is 0.228 e. The van der Waals surface area contributed by atoms with Crippen LogP contribution in [0.25, 0.3) is 0 Å². The van der Waals surface area contributed by atoms with Crippen molar-refractivity contribution in [3.8, 4) is 0 Å². The van der Waals surface area contributed by atoms with Crippen molar-refractivity contribution in [3.05, 3.63) is 11.7 Å². The first kappa shape index (κ1) is 14.8. The fourth-order valence-electron chi connectivity index (χ4n) is 1.84. The van der Waals surface area contributed by atoms with Gasteiger partial charge >= 0.3 is 0 Å². The highest BCUT2D eigenvalue weighted by molar-refractivity contribution is 7.99. The monoisotopic (exact) mass is 287 g/mol. The van der Waals surface area contributed by atoms with Crippen LogP contribution in [-0.4, -0.2) is 61.2 Å². The molecule has 1 fully saturated rings. The van der Waals surface area contributed by atoms with E-state index in [1.165, 1.54) is 5.75 Å². The van der Waals surface area contributed by atoms with Crippen LogP contribution in [0.2, 0.25) is 0 Å². The predicted octanol–water partition coefficient (Wildman–Crippen LogP) is 0.523. The average molecular weight is 287 g/mol. The molecule has 19 heavy (non-hydrogen) atoms. The van der Waals surface area contributed by atoms with Gasteiger partial charge in [0.15, 0.2) is 5.82 Å². The zero-order valence-corrected chi connectivity index (χ0v) is 12.1. The van der Waals surface area contributed by atoms with E-state index >= 15 is 0 Å². The van der Waals surface area contributed by atoms with Gasteiger partial charge in [-0.2, -0.15) is 16.7 Å². The highest BCUT2D eigenvalue weighted by Gasteiger charge is 2.17. The van der Waals surface area contributed by atoms with Gasteiger partial charge in [0.25, 0.3) is 0 Å². The van der Waals surface area contributed by atoms with E-state index in [1.54, 1.807) is 7.11 Å². The third-order valence-corrected chi connectivity index (χ3v) is 3.96. The standard InChI is InChI=1S/C12H21N3O3S/c1-16-5-6-17-4-2-11-14-12(18-15-11)8-10-9-19-7-3-13-10/h10,13H,2-9H2,1H3. The molecule has 0 spiro atoms. The zero-order valence-electron chi connectivity index (χ0n) is 11.3. The van der Waals surface area contributed by atoms with Gasteiger partial charge in [0.1, 0.15) is 0 Å². The van der Waals surface area contributed by atoms with Crippen LogP contribution in [-0.2, 0) is 22.3 Å². The van der Waals surface area contributed by atoms with Crippen molar-refractivity contribution in [2.75, 3.05) is 45.0 Å². The first-order valence-electron chi connectivity index (χ1n) is 6.57. The lowest BCUT2D eigenvalue weighted by atomic mass is 10.2. The Morgan fingerprint density at radius 2 is 2.37 bits per heavy atom. The van der Waals surface area contributed by atoms with Crippen LogP contribution in [0.15, 0.2) is 4.52 Å². The van der Waals surface area contributed by atoms with Crippen LogP contribution in [0, 0.1) is 0 Å². The lowest BCUT2D eigenvalue weighted by Gasteiger charge is -2.21. The maximum absolute atomic E-state index is 5.37. The molecule has 1 N–H and O–H groups in total. The van der Waals surface area contributed by atoms with Crippen molar-refractivity contribution >= 4 is 11.8 Å². The molecule has 6 nitrogen and oxygen atoms in total. The second kappa shape index (κ2) is 8.52. The molecule has 1 aliphatic rings. The molecule has 1 unspecified atom stereocenters. The molecule has 0 saturated carbocycles. The molecule has 7 heteroatoms. The van der Waals surface area contributed by atoms with Crippen molar-refractivity contribution in [1.82, 2.24) is 15.5 Å². The summed E-state index contributed by atoms with van der Waals surface area (Å²) in [5.74, 6) is 3.73. The molecule has 1 saturated heterocycles. The van der Waals surface area contributed by atoms with E-state index in [0.29, 0.717) is 38.2 Å². The van der Waals surface area contributed by atoms with Crippen molar-refractivity contribution in [3.63, 3.8) is 0 Å². The Kier molecular flexibility index (Phi) is 6.63. The maximum Gasteiger partial charge on any atom is 0.228 e. The highest BCUT2D eigenvalue weighted by Crippen LogP contribution is 2.11. The van der Waals surface area contributed by atoms with Gasteiger partial charge in [-0.05, 0) is 0 Å². The van der Waals surface area contributed by atoms with Gasteiger partial charge in [0.2, 0.25) is 5.89 Å². The Labute approximate surface area is 117 Å². The zero-order chi connectivity index (χ0) is 13.3. The molecule has 0 aromatic carbocycles. The second-order valence-corrected chi connectivity index (χ2v) is 5.54. The summed E-state index contributed by atoms with van der Waals surface area (Å²) >= 11 is 1.97. The minimum atomic E-state index is 0.449. The molecule has 0 radical (unpaired) electrons. The summed E-state index contributed by atoms with van der Waals surface area (Å²) in [6.07, 6.45) is 1.49. The van der Waals surface area contributed by atoms with Gasteiger partial charge in [-0.25, -0.2) is 0 Å². The number of aromatic nitrogens is 2. The van der Waals surface area contributed by atoms with Gasteiger partial charge in [-0.3, -0.25) is 0 Å². The Morgan fingerprint density at radius 3 is 3.16 bits per heavy atom. The van der Waals surface area contributed by atoms with E-state index < -0.39 is 0 Å². The van der Waals surface area contributed by atoms with Gasteiger partial charge in [-0.15, -0.1) is 0 Å². The summed E-state index contributed by atoms with van der Waals surface area (Å²) < 4.78 is 15.5. The number of rotatable bonds is 8. The van der Waals surface area contributed by atoms with E-state index in [9.17, 15) is 0 Å². The van der Waals surface area contributed by atoms with Crippen molar-refractivity contribution in [2.24, 2.45) is 0 Å².